The summed E-state index contributed by atoms with van der Waals surface area (Å²) in [6.07, 6.45) is 4.88. The molecule has 25 heavy (non-hydrogen) atoms. The molecule has 4 rings (SSSR count). The van der Waals surface area contributed by atoms with Gasteiger partial charge in [0, 0.05) is 37.6 Å². The van der Waals surface area contributed by atoms with Crippen molar-refractivity contribution in [2.45, 2.75) is 19.4 Å². The topological polar surface area (TPSA) is 49.3 Å². The van der Waals surface area contributed by atoms with Crippen molar-refractivity contribution >= 4 is 11.9 Å². The normalized spacial score (nSPS) is 23.8. The van der Waals surface area contributed by atoms with Crippen LogP contribution in [0.4, 0.5) is 14.7 Å². The maximum Gasteiger partial charge on any atom is 0.238 e. The van der Waals surface area contributed by atoms with Crippen LogP contribution in [0.5, 0.6) is 0 Å². The third-order valence-corrected chi connectivity index (χ3v) is 5.01. The molecular formula is C18H18F2N4O. The van der Waals surface area contributed by atoms with Gasteiger partial charge in [0.25, 0.3) is 0 Å². The fourth-order valence-electron chi connectivity index (χ4n) is 3.80. The molecule has 2 saturated heterocycles. The molecule has 1 aromatic carbocycles. The molecule has 5 nitrogen and oxygen atoms in total. The zero-order valence-electron chi connectivity index (χ0n) is 13.7. The van der Waals surface area contributed by atoms with Crippen LogP contribution in [-0.4, -0.2) is 40.4 Å². The minimum absolute atomic E-state index is 0.0168. The van der Waals surface area contributed by atoms with Crippen LogP contribution in [0.1, 0.15) is 18.4 Å². The van der Waals surface area contributed by atoms with Crippen LogP contribution >= 0.6 is 0 Å². The van der Waals surface area contributed by atoms with Gasteiger partial charge in [-0.3, -0.25) is 14.6 Å². The number of rotatable bonds is 3. The number of amides is 1. The lowest BCUT2D eigenvalue weighted by atomic mass is 9.72. The fourth-order valence-corrected chi connectivity index (χ4v) is 3.80. The minimum Gasteiger partial charge on any atom is -0.298 e. The van der Waals surface area contributed by atoms with Crippen LogP contribution in [0.15, 0.2) is 36.7 Å². The highest BCUT2D eigenvalue weighted by Crippen LogP contribution is 2.42. The summed E-state index contributed by atoms with van der Waals surface area (Å²) in [5, 5.41) is 0. The highest BCUT2D eigenvalue weighted by Gasteiger charge is 2.55. The standard InChI is InChI=1S/C18H18F2N4O/c19-14-3-4-15(20)13(9-14)10-23-8-1-5-18(11-23)12-24(16(18)25)17-21-6-2-7-22-17/h2-4,6-7,9H,1,5,8,10-12H2. The summed E-state index contributed by atoms with van der Waals surface area (Å²) in [5.41, 5.74) is -0.131. The molecule has 0 bridgehead atoms. The van der Waals surface area contributed by atoms with Crippen molar-refractivity contribution in [1.29, 1.82) is 0 Å². The Labute approximate surface area is 144 Å². The van der Waals surface area contributed by atoms with E-state index in [2.05, 4.69) is 9.97 Å². The van der Waals surface area contributed by atoms with Gasteiger partial charge in [-0.2, -0.15) is 0 Å². The van der Waals surface area contributed by atoms with Crippen molar-refractivity contribution in [3.05, 3.63) is 53.9 Å². The smallest absolute Gasteiger partial charge is 0.238 e. The predicted octanol–water partition coefficient (Wildman–Crippen LogP) is 2.38. The Morgan fingerprint density at radius 1 is 1.16 bits per heavy atom. The number of hydrogen-bond donors (Lipinski definition) is 0. The SMILES string of the molecule is O=C1N(c2ncccn2)CC12CCCN(Cc1cc(F)ccc1F)C2. The summed E-state index contributed by atoms with van der Waals surface area (Å²) in [7, 11) is 0. The number of anilines is 1. The van der Waals surface area contributed by atoms with Crippen molar-refractivity contribution in [2.24, 2.45) is 5.41 Å². The van der Waals surface area contributed by atoms with E-state index in [1.165, 1.54) is 6.07 Å². The van der Waals surface area contributed by atoms with E-state index in [9.17, 15) is 13.6 Å². The van der Waals surface area contributed by atoms with E-state index in [0.717, 1.165) is 31.5 Å². The van der Waals surface area contributed by atoms with Gasteiger partial charge >= 0.3 is 0 Å². The molecule has 2 aliphatic rings. The van der Waals surface area contributed by atoms with Crippen molar-refractivity contribution in [2.75, 3.05) is 24.5 Å². The van der Waals surface area contributed by atoms with E-state index in [0.29, 0.717) is 31.1 Å². The Bertz CT molecular complexity index is 801. The zero-order chi connectivity index (χ0) is 17.4. The number of benzene rings is 1. The molecular weight excluding hydrogens is 326 g/mol. The van der Waals surface area contributed by atoms with E-state index >= 15 is 0 Å². The van der Waals surface area contributed by atoms with Gasteiger partial charge in [0.15, 0.2) is 0 Å². The first-order chi connectivity index (χ1) is 12.1. The monoisotopic (exact) mass is 344 g/mol. The maximum absolute atomic E-state index is 13.9. The second kappa shape index (κ2) is 6.15. The Morgan fingerprint density at radius 2 is 1.96 bits per heavy atom. The minimum atomic E-state index is -0.457. The predicted molar refractivity (Wildman–Crippen MR) is 87.7 cm³/mol. The van der Waals surface area contributed by atoms with Gasteiger partial charge in [-0.05, 0) is 43.7 Å². The molecule has 3 heterocycles. The molecule has 1 unspecified atom stereocenters. The lowest BCUT2D eigenvalue weighted by molar-refractivity contribution is -0.139. The summed E-state index contributed by atoms with van der Waals surface area (Å²) in [6.45, 7) is 2.19. The highest BCUT2D eigenvalue weighted by molar-refractivity contribution is 6.03. The summed E-state index contributed by atoms with van der Waals surface area (Å²) in [6, 6.07) is 5.19. The molecule has 1 spiro atoms. The molecule has 1 aromatic heterocycles. The maximum atomic E-state index is 13.9. The van der Waals surface area contributed by atoms with Crippen LogP contribution < -0.4 is 4.90 Å². The first-order valence-electron chi connectivity index (χ1n) is 8.33. The summed E-state index contributed by atoms with van der Waals surface area (Å²) in [4.78, 5) is 24.6. The molecule has 1 amide bonds. The Hall–Kier alpha value is -2.41. The molecule has 130 valence electrons. The molecule has 0 saturated carbocycles. The second-order valence-electron chi connectivity index (χ2n) is 6.77. The van der Waals surface area contributed by atoms with Gasteiger partial charge in [-0.15, -0.1) is 0 Å². The number of aromatic nitrogens is 2. The van der Waals surface area contributed by atoms with E-state index in [1.54, 1.807) is 23.4 Å². The Balaban J connectivity index is 1.47. The van der Waals surface area contributed by atoms with Crippen LogP contribution in [0, 0.1) is 17.0 Å². The zero-order valence-corrected chi connectivity index (χ0v) is 13.7. The lowest BCUT2D eigenvalue weighted by Gasteiger charge is -2.52. The average Bonchev–Trinajstić information content (AvgIpc) is 2.63. The Morgan fingerprint density at radius 3 is 2.72 bits per heavy atom. The third-order valence-electron chi connectivity index (χ3n) is 5.01. The lowest BCUT2D eigenvalue weighted by Crippen LogP contribution is -2.67. The molecule has 2 fully saturated rings. The quantitative estimate of drug-likeness (QED) is 0.802. The molecule has 2 aliphatic heterocycles. The van der Waals surface area contributed by atoms with Crippen LogP contribution in [0.2, 0.25) is 0 Å². The fraction of sp³-hybridized carbons (Fsp3) is 0.389. The van der Waals surface area contributed by atoms with Crippen LogP contribution in [0.25, 0.3) is 0 Å². The number of carbonyl (C=O) groups excluding carboxylic acids is 1. The number of likely N-dealkylation sites (tertiary alicyclic amines) is 1. The number of halogens is 2. The number of β-lactam (4-membered cyclic amide) rings is 1. The number of piperidine rings is 1. The largest absolute Gasteiger partial charge is 0.298 e. The van der Waals surface area contributed by atoms with Crippen LogP contribution in [-0.2, 0) is 11.3 Å². The molecule has 0 aliphatic carbocycles. The van der Waals surface area contributed by atoms with E-state index in [1.807, 2.05) is 4.90 Å². The van der Waals surface area contributed by atoms with Gasteiger partial charge < -0.3 is 0 Å². The molecule has 0 N–H and O–H groups in total. The highest BCUT2D eigenvalue weighted by atomic mass is 19.1. The third kappa shape index (κ3) is 2.89. The van der Waals surface area contributed by atoms with Gasteiger partial charge in [0.05, 0.1) is 5.41 Å². The molecule has 2 aromatic rings. The van der Waals surface area contributed by atoms with Gasteiger partial charge in [0.2, 0.25) is 11.9 Å². The summed E-state index contributed by atoms with van der Waals surface area (Å²) < 4.78 is 27.3. The van der Waals surface area contributed by atoms with E-state index in [4.69, 9.17) is 0 Å². The average molecular weight is 344 g/mol. The van der Waals surface area contributed by atoms with Gasteiger partial charge in [-0.1, -0.05) is 0 Å². The van der Waals surface area contributed by atoms with E-state index < -0.39 is 17.0 Å². The Kier molecular flexibility index (Phi) is 3.95. The molecule has 0 radical (unpaired) electrons. The number of carbonyl (C=O) groups is 1. The first kappa shape index (κ1) is 16.1. The molecule has 7 heteroatoms. The van der Waals surface area contributed by atoms with Gasteiger partial charge in [-0.25, -0.2) is 18.7 Å². The summed E-state index contributed by atoms with van der Waals surface area (Å²) >= 11 is 0. The first-order valence-corrected chi connectivity index (χ1v) is 8.33. The summed E-state index contributed by atoms with van der Waals surface area (Å²) in [5.74, 6) is -0.426. The van der Waals surface area contributed by atoms with Crippen molar-refractivity contribution in [1.82, 2.24) is 14.9 Å². The van der Waals surface area contributed by atoms with Crippen LogP contribution in [0.3, 0.4) is 0 Å². The number of hydrogen-bond acceptors (Lipinski definition) is 4. The molecule has 1 atom stereocenters. The number of nitrogens with zero attached hydrogens (tertiary/aromatic N) is 4. The van der Waals surface area contributed by atoms with Gasteiger partial charge in [0.1, 0.15) is 11.6 Å². The second-order valence-corrected chi connectivity index (χ2v) is 6.77. The van der Waals surface area contributed by atoms with Crippen molar-refractivity contribution < 1.29 is 13.6 Å². The van der Waals surface area contributed by atoms with Crippen molar-refractivity contribution in [3.8, 4) is 0 Å². The van der Waals surface area contributed by atoms with Crippen molar-refractivity contribution in [3.63, 3.8) is 0 Å². The van der Waals surface area contributed by atoms with E-state index in [-0.39, 0.29) is 5.91 Å².